The number of methoxy groups -OCH3 is 2. The Morgan fingerprint density at radius 2 is 1.68 bits per heavy atom. The van der Waals surface area contributed by atoms with Gasteiger partial charge in [-0.1, -0.05) is 69.3 Å². The van der Waals surface area contributed by atoms with E-state index in [0.717, 1.165) is 27.8 Å². The van der Waals surface area contributed by atoms with Crippen molar-refractivity contribution in [3.05, 3.63) is 108 Å². The van der Waals surface area contributed by atoms with Gasteiger partial charge in [-0.2, -0.15) is 0 Å². The number of carbonyl (C=O) groups excluding carboxylic acids is 2. The third-order valence-electron chi connectivity index (χ3n) is 7.53. The van der Waals surface area contributed by atoms with E-state index >= 15 is 0 Å². The van der Waals surface area contributed by atoms with Crippen molar-refractivity contribution in [1.82, 2.24) is 9.97 Å². The van der Waals surface area contributed by atoms with Gasteiger partial charge in [-0.25, -0.2) is 14.8 Å². The highest BCUT2D eigenvalue weighted by Gasteiger charge is 2.54. The van der Waals surface area contributed by atoms with Crippen LogP contribution in [0.3, 0.4) is 0 Å². The summed E-state index contributed by atoms with van der Waals surface area (Å²) in [6, 6.07) is 21.0. The molecule has 204 valence electrons. The van der Waals surface area contributed by atoms with Crippen LogP contribution in [0.2, 0.25) is 0 Å². The zero-order valence-electron chi connectivity index (χ0n) is 23.5. The van der Waals surface area contributed by atoms with Gasteiger partial charge in [0, 0.05) is 42.0 Å². The van der Waals surface area contributed by atoms with Crippen LogP contribution in [0.4, 0.5) is 5.69 Å². The number of hydrogen-bond acceptors (Lipinski definition) is 6. The molecule has 1 aromatic heterocycles. The number of ether oxygens (including phenoxy) is 2. The monoisotopic (exact) mass is 535 g/mol. The van der Waals surface area contributed by atoms with Gasteiger partial charge in [0.25, 0.3) is 5.91 Å². The van der Waals surface area contributed by atoms with E-state index in [-0.39, 0.29) is 24.2 Å². The lowest BCUT2D eigenvalue weighted by molar-refractivity contribution is -0.146. The van der Waals surface area contributed by atoms with Gasteiger partial charge in [-0.15, -0.1) is 0 Å². The molecule has 0 radical (unpaired) electrons. The molecular weight excluding hydrogens is 502 g/mol. The van der Waals surface area contributed by atoms with Crippen LogP contribution in [-0.2, 0) is 27.8 Å². The van der Waals surface area contributed by atoms with Crippen LogP contribution in [0.1, 0.15) is 47.8 Å². The van der Waals surface area contributed by atoms with Gasteiger partial charge in [-0.05, 0) is 45.9 Å². The lowest BCUT2D eigenvalue weighted by atomic mass is 9.84. The maximum atomic E-state index is 14.6. The molecule has 0 saturated heterocycles. The Balaban J connectivity index is 1.72. The number of hydrogen-bond donors (Lipinski definition) is 0. The van der Waals surface area contributed by atoms with Gasteiger partial charge < -0.3 is 9.47 Å². The average Bonchev–Trinajstić information content (AvgIpc) is 3.31. The van der Waals surface area contributed by atoms with Crippen LogP contribution in [0.25, 0.3) is 11.1 Å². The molecule has 1 unspecified atom stereocenters. The molecule has 0 aliphatic carbocycles. The first-order valence-electron chi connectivity index (χ1n) is 13.2. The Labute approximate surface area is 234 Å². The lowest BCUT2D eigenvalue weighted by Crippen LogP contribution is -2.58. The predicted octanol–water partition coefficient (Wildman–Crippen LogP) is 5.81. The van der Waals surface area contributed by atoms with Crippen molar-refractivity contribution in [2.24, 2.45) is 0 Å². The minimum atomic E-state index is -1.31. The normalized spacial score (nSPS) is 16.4. The van der Waals surface area contributed by atoms with Crippen molar-refractivity contribution in [1.29, 1.82) is 0 Å². The van der Waals surface area contributed by atoms with E-state index in [1.807, 2.05) is 60.7 Å². The fourth-order valence-electron chi connectivity index (χ4n) is 5.66. The second kappa shape index (κ2) is 10.6. The highest BCUT2D eigenvalue weighted by atomic mass is 16.5. The van der Waals surface area contributed by atoms with E-state index < -0.39 is 11.5 Å². The maximum Gasteiger partial charge on any atom is 0.332 e. The van der Waals surface area contributed by atoms with Crippen LogP contribution in [-0.4, -0.2) is 41.6 Å². The van der Waals surface area contributed by atoms with Gasteiger partial charge in [0.15, 0.2) is 5.54 Å². The molecule has 5 rings (SSSR count). The van der Waals surface area contributed by atoms with Gasteiger partial charge in [0.1, 0.15) is 12.1 Å². The summed E-state index contributed by atoms with van der Waals surface area (Å²) in [4.78, 5) is 38.4. The zero-order chi connectivity index (χ0) is 28.5. The topological polar surface area (TPSA) is 81.6 Å². The summed E-state index contributed by atoms with van der Waals surface area (Å²) < 4.78 is 11.1. The summed E-state index contributed by atoms with van der Waals surface area (Å²) in [5.41, 5.74) is 4.05. The molecule has 7 heteroatoms. The smallest absolute Gasteiger partial charge is 0.332 e. The summed E-state index contributed by atoms with van der Waals surface area (Å²) in [6.07, 6.45) is 5.51. The SMILES string of the molecule is COC(=O)C1(Cc2ccccc2)Cc2c(-c3cncnc3)cccc2N1C(=O)c1ccc(C(C)(C)C)c(OC)c1. The number of amides is 1. The van der Waals surface area contributed by atoms with E-state index in [0.29, 0.717) is 17.0 Å². The van der Waals surface area contributed by atoms with Crippen LogP contribution < -0.4 is 9.64 Å². The Hall–Kier alpha value is -4.52. The quantitative estimate of drug-likeness (QED) is 0.290. The Bertz CT molecular complexity index is 1550. The summed E-state index contributed by atoms with van der Waals surface area (Å²) in [7, 11) is 2.97. The third-order valence-corrected chi connectivity index (χ3v) is 7.53. The largest absolute Gasteiger partial charge is 0.496 e. The van der Waals surface area contributed by atoms with Gasteiger partial charge in [-0.3, -0.25) is 9.69 Å². The number of carbonyl (C=O) groups is 2. The van der Waals surface area contributed by atoms with E-state index in [2.05, 4.69) is 30.7 Å². The number of benzene rings is 3. The fourth-order valence-corrected chi connectivity index (χ4v) is 5.66. The number of fused-ring (bicyclic) bond motifs is 1. The molecule has 1 atom stereocenters. The standard InChI is InChI=1S/C33H33N3O4/c1-32(2,3)27-15-14-23(16-29(27)39-4)30(37)36-28-13-9-12-25(24-19-34-21-35-20-24)26(28)18-33(36,31(38)40-5)17-22-10-7-6-8-11-22/h6-16,19-21H,17-18H2,1-5H3. The summed E-state index contributed by atoms with van der Waals surface area (Å²) in [6.45, 7) is 6.29. The van der Waals surface area contributed by atoms with Crippen molar-refractivity contribution in [3.63, 3.8) is 0 Å². The van der Waals surface area contributed by atoms with Crippen molar-refractivity contribution in [2.75, 3.05) is 19.1 Å². The van der Waals surface area contributed by atoms with Crippen LogP contribution >= 0.6 is 0 Å². The molecule has 0 spiro atoms. The molecule has 40 heavy (non-hydrogen) atoms. The second-order valence-electron chi connectivity index (χ2n) is 11.1. The van der Waals surface area contributed by atoms with Crippen molar-refractivity contribution in [3.8, 4) is 16.9 Å². The molecule has 0 saturated carbocycles. The summed E-state index contributed by atoms with van der Waals surface area (Å²) in [5.74, 6) is -0.158. The van der Waals surface area contributed by atoms with Crippen molar-refractivity contribution < 1.29 is 19.1 Å². The maximum absolute atomic E-state index is 14.6. The average molecular weight is 536 g/mol. The first-order valence-corrected chi connectivity index (χ1v) is 13.2. The van der Waals surface area contributed by atoms with Gasteiger partial charge in [0.2, 0.25) is 0 Å². The van der Waals surface area contributed by atoms with Crippen LogP contribution in [0.5, 0.6) is 5.75 Å². The summed E-state index contributed by atoms with van der Waals surface area (Å²) in [5, 5.41) is 0. The van der Waals surface area contributed by atoms with E-state index in [1.165, 1.54) is 13.4 Å². The Kier molecular flexibility index (Phi) is 7.15. The molecule has 0 fully saturated rings. The van der Waals surface area contributed by atoms with Crippen LogP contribution in [0, 0.1) is 0 Å². The molecular formula is C33H33N3O4. The molecule has 1 amide bonds. The van der Waals surface area contributed by atoms with Crippen molar-refractivity contribution >= 4 is 17.6 Å². The van der Waals surface area contributed by atoms with Gasteiger partial charge >= 0.3 is 5.97 Å². The number of aromatic nitrogens is 2. The second-order valence-corrected chi connectivity index (χ2v) is 11.1. The molecule has 0 bridgehead atoms. The molecule has 4 aromatic rings. The lowest BCUT2D eigenvalue weighted by Gasteiger charge is -2.36. The molecule has 7 nitrogen and oxygen atoms in total. The highest BCUT2D eigenvalue weighted by molar-refractivity contribution is 6.13. The van der Waals surface area contributed by atoms with E-state index in [1.54, 1.807) is 30.5 Å². The van der Waals surface area contributed by atoms with E-state index in [9.17, 15) is 9.59 Å². The number of anilines is 1. The minimum absolute atomic E-state index is 0.178. The predicted molar refractivity (Wildman–Crippen MR) is 155 cm³/mol. The fraction of sp³-hybridized carbons (Fsp3) is 0.273. The first kappa shape index (κ1) is 27.1. The third kappa shape index (κ3) is 4.72. The van der Waals surface area contributed by atoms with Crippen LogP contribution in [0.15, 0.2) is 85.5 Å². The number of rotatable bonds is 6. The first-order chi connectivity index (χ1) is 19.2. The molecule has 0 N–H and O–H groups in total. The number of nitrogens with zero attached hydrogens (tertiary/aromatic N) is 3. The van der Waals surface area contributed by atoms with Crippen molar-refractivity contribution in [2.45, 2.75) is 44.6 Å². The molecule has 1 aliphatic rings. The molecule has 2 heterocycles. The molecule has 3 aromatic carbocycles. The Morgan fingerprint density at radius 3 is 2.33 bits per heavy atom. The Morgan fingerprint density at radius 1 is 0.950 bits per heavy atom. The minimum Gasteiger partial charge on any atom is -0.496 e. The van der Waals surface area contributed by atoms with E-state index in [4.69, 9.17) is 9.47 Å². The summed E-state index contributed by atoms with van der Waals surface area (Å²) >= 11 is 0. The molecule has 1 aliphatic heterocycles. The van der Waals surface area contributed by atoms with Gasteiger partial charge in [0.05, 0.1) is 14.2 Å². The number of esters is 1. The zero-order valence-corrected chi connectivity index (χ0v) is 23.5. The highest BCUT2D eigenvalue weighted by Crippen LogP contribution is 2.46.